The zero-order chi connectivity index (χ0) is 13.9. The Labute approximate surface area is 123 Å². The van der Waals surface area contributed by atoms with Gasteiger partial charge in [-0.2, -0.15) is 0 Å². The summed E-state index contributed by atoms with van der Waals surface area (Å²) < 4.78 is 6.56. The van der Waals surface area contributed by atoms with Crippen molar-refractivity contribution in [2.45, 2.75) is 12.1 Å². The van der Waals surface area contributed by atoms with Gasteiger partial charge in [0.25, 0.3) is 0 Å². The molecule has 0 bridgehead atoms. The fourth-order valence-corrected chi connectivity index (χ4v) is 3.44. The van der Waals surface area contributed by atoms with Crippen LogP contribution in [-0.4, -0.2) is 11.8 Å². The third-order valence-electron chi connectivity index (χ3n) is 4.51. The van der Waals surface area contributed by atoms with E-state index >= 15 is 0 Å². The minimum absolute atomic E-state index is 0.464. The van der Waals surface area contributed by atoms with Crippen molar-refractivity contribution < 1.29 is 4.74 Å². The molecule has 0 saturated carbocycles. The van der Waals surface area contributed by atoms with Gasteiger partial charge in [-0.3, -0.25) is 4.99 Å². The van der Waals surface area contributed by atoms with E-state index in [1.165, 1.54) is 22.3 Å². The van der Waals surface area contributed by atoms with E-state index in [2.05, 4.69) is 65.7 Å². The first kappa shape index (κ1) is 11.1. The molecule has 2 aliphatic heterocycles. The molecule has 0 N–H and O–H groups in total. The van der Waals surface area contributed by atoms with Crippen LogP contribution < -0.4 is 4.74 Å². The van der Waals surface area contributed by atoms with Crippen LogP contribution in [0.1, 0.15) is 16.7 Å². The van der Waals surface area contributed by atoms with Crippen LogP contribution in [0.15, 0.2) is 70.8 Å². The van der Waals surface area contributed by atoms with Gasteiger partial charge in [0.05, 0.1) is 6.54 Å². The summed E-state index contributed by atoms with van der Waals surface area (Å²) in [5.74, 6) is 0.981. The molecule has 100 valence electrons. The first-order valence-electron chi connectivity index (χ1n) is 7.18. The lowest BCUT2D eigenvalue weighted by molar-refractivity contribution is 0.196. The van der Waals surface area contributed by atoms with E-state index in [-0.39, 0.29) is 0 Å². The second-order valence-corrected chi connectivity index (χ2v) is 5.66. The summed E-state index contributed by atoms with van der Waals surface area (Å²) in [7, 11) is 0. The monoisotopic (exact) mass is 271 g/mol. The van der Waals surface area contributed by atoms with Gasteiger partial charge < -0.3 is 4.74 Å². The van der Waals surface area contributed by atoms with Gasteiger partial charge in [0.2, 0.25) is 0 Å². The van der Waals surface area contributed by atoms with Crippen molar-refractivity contribution in [2.24, 2.45) is 4.99 Å². The van der Waals surface area contributed by atoms with Gasteiger partial charge in [-0.1, -0.05) is 48.6 Å². The van der Waals surface area contributed by atoms with Crippen molar-refractivity contribution >= 4 is 12.3 Å². The number of rotatable bonds is 0. The molecular weight excluding hydrogens is 258 g/mol. The van der Waals surface area contributed by atoms with Gasteiger partial charge in [0.1, 0.15) is 5.75 Å². The highest BCUT2D eigenvalue weighted by Gasteiger charge is 2.42. The Morgan fingerprint density at radius 1 is 1.00 bits per heavy atom. The Hall–Kier alpha value is -2.61. The van der Waals surface area contributed by atoms with Gasteiger partial charge in [-0.05, 0) is 12.2 Å². The summed E-state index contributed by atoms with van der Waals surface area (Å²) in [6, 6.07) is 4.25. The average molecular weight is 271 g/mol. The van der Waals surface area contributed by atoms with E-state index < -0.39 is 5.60 Å². The minimum atomic E-state index is -0.464. The molecule has 21 heavy (non-hydrogen) atoms. The van der Waals surface area contributed by atoms with Crippen molar-refractivity contribution in [1.29, 1.82) is 0 Å². The second-order valence-electron chi connectivity index (χ2n) is 5.66. The quantitative estimate of drug-likeness (QED) is 0.704. The third-order valence-corrected chi connectivity index (χ3v) is 4.51. The lowest BCUT2D eigenvalue weighted by atomic mass is 9.77. The molecule has 1 aromatic rings. The molecule has 2 heterocycles. The highest BCUT2D eigenvalue weighted by atomic mass is 16.5. The number of ether oxygens (including phenoxy) is 1. The van der Waals surface area contributed by atoms with Crippen LogP contribution in [0.3, 0.4) is 0 Å². The lowest BCUT2D eigenvalue weighted by Crippen LogP contribution is -2.41. The number of fused-ring (bicyclic) bond motifs is 3. The summed E-state index contributed by atoms with van der Waals surface area (Å²) in [4.78, 5) is 4.38. The summed E-state index contributed by atoms with van der Waals surface area (Å²) in [5, 5.41) is 0. The number of benzene rings is 1. The van der Waals surface area contributed by atoms with Crippen molar-refractivity contribution in [3.05, 3.63) is 82.5 Å². The molecule has 0 amide bonds. The predicted molar refractivity (Wildman–Crippen MR) is 84.6 cm³/mol. The molecule has 0 fully saturated rings. The minimum Gasteiger partial charge on any atom is -0.473 e. The Kier molecular flexibility index (Phi) is 1.97. The maximum Gasteiger partial charge on any atom is 0.178 e. The highest BCUT2D eigenvalue weighted by molar-refractivity contribution is 5.88. The molecule has 1 unspecified atom stereocenters. The molecule has 1 aromatic carbocycles. The first-order valence-corrected chi connectivity index (χ1v) is 7.18. The van der Waals surface area contributed by atoms with Gasteiger partial charge in [-0.15, -0.1) is 0 Å². The normalized spacial score (nSPS) is 26.3. The largest absolute Gasteiger partial charge is 0.473 e. The van der Waals surface area contributed by atoms with Crippen LogP contribution in [0.25, 0.3) is 6.08 Å². The SMILES string of the molecule is C1=CC2=CC=CC3=Cc4ccc5c(c4OC23C=C1)CN=C5. The van der Waals surface area contributed by atoms with Crippen LogP contribution in [-0.2, 0) is 6.54 Å². The summed E-state index contributed by atoms with van der Waals surface area (Å²) in [6.45, 7) is 0.714. The highest BCUT2D eigenvalue weighted by Crippen LogP contribution is 2.47. The molecule has 4 aliphatic rings. The molecule has 2 aliphatic carbocycles. The van der Waals surface area contributed by atoms with Crippen LogP contribution in [0.4, 0.5) is 0 Å². The van der Waals surface area contributed by atoms with Crippen molar-refractivity contribution in [3.63, 3.8) is 0 Å². The van der Waals surface area contributed by atoms with E-state index in [0.29, 0.717) is 6.54 Å². The number of nitrogens with zero attached hydrogens (tertiary/aromatic N) is 1. The zero-order valence-corrected chi connectivity index (χ0v) is 11.4. The summed E-state index contributed by atoms with van der Waals surface area (Å²) in [6.07, 6.45) is 18.9. The molecule has 0 aromatic heterocycles. The molecule has 2 nitrogen and oxygen atoms in total. The summed E-state index contributed by atoms with van der Waals surface area (Å²) >= 11 is 0. The molecule has 1 spiro atoms. The molecule has 1 atom stereocenters. The van der Waals surface area contributed by atoms with Gasteiger partial charge in [0.15, 0.2) is 5.60 Å². The van der Waals surface area contributed by atoms with Crippen LogP contribution in [0, 0.1) is 0 Å². The number of aliphatic imine (C=N–C) groups is 1. The lowest BCUT2D eigenvalue weighted by Gasteiger charge is -2.40. The summed E-state index contributed by atoms with van der Waals surface area (Å²) in [5.41, 5.74) is 5.43. The van der Waals surface area contributed by atoms with Crippen LogP contribution in [0.5, 0.6) is 5.75 Å². The molecule has 0 radical (unpaired) electrons. The molecule has 0 saturated heterocycles. The molecule has 5 rings (SSSR count). The van der Waals surface area contributed by atoms with E-state index in [1.54, 1.807) is 0 Å². The van der Waals surface area contributed by atoms with Crippen molar-refractivity contribution in [3.8, 4) is 5.75 Å². The Morgan fingerprint density at radius 2 is 1.90 bits per heavy atom. The number of allylic oxidation sites excluding steroid dienone is 4. The van der Waals surface area contributed by atoms with Crippen LogP contribution >= 0.6 is 0 Å². The van der Waals surface area contributed by atoms with Gasteiger partial charge >= 0.3 is 0 Å². The van der Waals surface area contributed by atoms with Crippen molar-refractivity contribution in [1.82, 2.24) is 0 Å². The number of hydrogen-bond acceptors (Lipinski definition) is 2. The maximum absolute atomic E-state index is 6.56. The molecular formula is C19H13NO. The fraction of sp³-hybridized carbons (Fsp3) is 0.105. The standard InChI is InChI=1S/C19H13NO/c1-2-9-19-15(4-1)5-3-6-16(19)10-13-7-8-14-11-20-12-17(14)18(13)21-19/h1-11H,12H2. The topological polar surface area (TPSA) is 21.6 Å². The smallest absolute Gasteiger partial charge is 0.178 e. The molecule has 2 heteroatoms. The fourth-order valence-electron chi connectivity index (χ4n) is 3.44. The Bertz CT molecular complexity index is 849. The Balaban J connectivity index is 1.77. The average Bonchev–Trinajstić information content (AvgIpc) is 3.00. The van der Waals surface area contributed by atoms with Gasteiger partial charge in [0, 0.05) is 34.1 Å². The van der Waals surface area contributed by atoms with Crippen LogP contribution in [0.2, 0.25) is 0 Å². The van der Waals surface area contributed by atoms with Gasteiger partial charge in [-0.25, -0.2) is 0 Å². The Morgan fingerprint density at radius 3 is 2.90 bits per heavy atom. The first-order chi connectivity index (χ1) is 10.4. The van der Waals surface area contributed by atoms with E-state index in [4.69, 9.17) is 4.74 Å². The van der Waals surface area contributed by atoms with E-state index in [1.807, 2.05) is 6.21 Å². The third kappa shape index (κ3) is 1.34. The second kappa shape index (κ2) is 3.73. The van der Waals surface area contributed by atoms with Crippen molar-refractivity contribution in [2.75, 3.05) is 0 Å². The predicted octanol–water partition coefficient (Wildman–Crippen LogP) is 3.76. The zero-order valence-electron chi connectivity index (χ0n) is 11.4. The van der Waals surface area contributed by atoms with E-state index in [9.17, 15) is 0 Å². The maximum atomic E-state index is 6.56. The van der Waals surface area contributed by atoms with E-state index in [0.717, 1.165) is 11.3 Å². The number of hydrogen-bond donors (Lipinski definition) is 0.